The molecule has 0 saturated carbocycles. The van der Waals surface area contributed by atoms with Crippen molar-refractivity contribution in [1.82, 2.24) is 0 Å². The normalized spacial score (nSPS) is 10.0. The average molecular weight is 276 g/mol. The molecular formula is C15H14ClNO2. The molecule has 0 unspecified atom stereocenters. The van der Waals surface area contributed by atoms with E-state index in [-0.39, 0.29) is 5.97 Å². The summed E-state index contributed by atoms with van der Waals surface area (Å²) in [4.78, 5) is 11.6. The first-order valence-electron chi connectivity index (χ1n) is 5.99. The number of hydrogen-bond acceptors (Lipinski definition) is 3. The van der Waals surface area contributed by atoms with Crippen LogP contribution in [0.2, 0.25) is 5.02 Å². The SMILES string of the molecule is CCOC(=O)c1cccc(Nc2cccc(Cl)c2)c1. The molecule has 0 atom stereocenters. The van der Waals surface area contributed by atoms with Crippen LogP contribution in [-0.4, -0.2) is 12.6 Å². The van der Waals surface area contributed by atoms with Gasteiger partial charge in [-0.05, 0) is 43.3 Å². The predicted molar refractivity (Wildman–Crippen MR) is 77.1 cm³/mol. The summed E-state index contributed by atoms with van der Waals surface area (Å²) in [5.41, 5.74) is 2.20. The van der Waals surface area contributed by atoms with Crippen LogP contribution in [0.3, 0.4) is 0 Å². The largest absolute Gasteiger partial charge is 0.462 e. The molecule has 0 aliphatic heterocycles. The van der Waals surface area contributed by atoms with Crippen molar-refractivity contribution in [3.8, 4) is 0 Å². The van der Waals surface area contributed by atoms with E-state index in [1.807, 2.05) is 30.3 Å². The minimum Gasteiger partial charge on any atom is -0.462 e. The van der Waals surface area contributed by atoms with Gasteiger partial charge in [-0.2, -0.15) is 0 Å². The fourth-order valence-corrected chi connectivity index (χ4v) is 1.86. The van der Waals surface area contributed by atoms with Crippen LogP contribution in [0.25, 0.3) is 0 Å². The molecule has 0 saturated heterocycles. The number of carbonyl (C=O) groups is 1. The Labute approximate surface area is 117 Å². The molecule has 2 rings (SSSR count). The van der Waals surface area contributed by atoms with Crippen LogP contribution in [0.5, 0.6) is 0 Å². The van der Waals surface area contributed by atoms with Crippen molar-refractivity contribution in [2.45, 2.75) is 6.92 Å². The molecular weight excluding hydrogens is 262 g/mol. The van der Waals surface area contributed by atoms with E-state index in [1.165, 1.54) is 0 Å². The predicted octanol–water partition coefficient (Wildman–Crippen LogP) is 4.26. The van der Waals surface area contributed by atoms with Crippen LogP contribution in [-0.2, 0) is 4.74 Å². The summed E-state index contributed by atoms with van der Waals surface area (Å²) in [6, 6.07) is 14.5. The van der Waals surface area contributed by atoms with Gasteiger partial charge in [0, 0.05) is 16.4 Å². The topological polar surface area (TPSA) is 38.3 Å². The van der Waals surface area contributed by atoms with Gasteiger partial charge < -0.3 is 10.1 Å². The number of nitrogens with one attached hydrogen (secondary N) is 1. The maximum Gasteiger partial charge on any atom is 0.338 e. The summed E-state index contributed by atoms with van der Waals surface area (Å²) in [6.45, 7) is 2.15. The molecule has 0 bridgehead atoms. The first-order valence-corrected chi connectivity index (χ1v) is 6.36. The highest BCUT2D eigenvalue weighted by atomic mass is 35.5. The van der Waals surface area contributed by atoms with Gasteiger partial charge in [-0.15, -0.1) is 0 Å². The summed E-state index contributed by atoms with van der Waals surface area (Å²) < 4.78 is 4.96. The van der Waals surface area contributed by atoms with Crippen molar-refractivity contribution in [2.75, 3.05) is 11.9 Å². The molecule has 0 heterocycles. The van der Waals surface area contributed by atoms with Crippen LogP contribution in [0.15, 0.2) is 48.5 Å². The van der Waals surface area contributed by atoms with Gasteiger partial charge in [0.2, 0.25) is 0 Å². The van der Waals surface area contributed by atoms with Gasteiger partial charge in [0.1, 0.15) is 0 Å². The molecule has 3 nitrogen and oxygen atoms in total. The lowest BCUT2D eigenvalue weighted by atomic mass is 10.2. The Kier molecular flexibility index (Phi) is 4.42. The Morgan fingerprint density at radius 2 is 1.84 bits per heavy atom. The van der Waals surface area contributed by atoms with E-state index in [2.05, 4.69) is 5.32 Å². The van der Waals surface area contributed by atoms with Crippen LogP contribution >= 0.6 is 11.6 Å². The maximum atomic E-state index is 11.6. The quantitative estimate of drug-likeness (QED) is 0.847. The summed E-state index contributed by atoms with van der Waals surface area (Å²) in [7, 11) is 0. The second kappa shape index (κ2) is 6.25. The van der Waals surface area contributed by atoms with Crippen molar-refractivity contribution < 1.29 is 9.53 Å². The van der Waals surface area contributed by atoms with Gasteiger partial charge in [-0.3, -0.25) is 0 Å². The third kappa shape index (κ3) is 3.73. The van der Waals surface area contributed by atoms with Crippen molar-refractivity contribution >= 4 is 28.9 Å². The highest BCUT2D eigenvalue weighted by Crippen LogP contribution is 2.21. The van der Waals surface area contributed by atoms with Gasteiger partial charge in [0.15, 0.2) is 0 Å². The molecule has 0 amide bonds. The summed E-state index contributed by atoms with van der Waals surface area (Å²) in [5.74, 6) is -0.322. The minimum atomic E-state index is -0.322. The van der Waals surface area contributed by atoms with E-state index in [9.17, 15) is 4.79 Å². The number of esters is 1. The molecule has 0 radical (unpaired) electrons. The highest BCUT2D eigenvalue weighted by Gasteiger charge is 2.06. The van der Waals surface area contributed by atoms with E-state index >= 15 is 0 Å². The number of ether oxygens (including phenoxy) is 1. The van der Waals surface area contributed by atoms with Crippen molar-refractivity contribution in [2.24, 2.45) is 0 Å². The number of hydrogen-bond donors (Lipinski definition) is 1. The summed E-state index contributed by atoms with van der Waals surface area (Å²) in [6.07, 6.45) is 0. The standard InChI is InChI=1S/C15H14ClNO2/c1-2-19-15(18)11-5-3-7-13(9-11)17-14-8-4-6-12(16)10-14/h3-10,17H,2H2,1H3. The molecule has 98 valence electrons. The summed E-state index contributed by atoms with van der Waals surface area (Å²) >= 11 is 5.92. The lowest BCUT2D eigenvalue weighted by Gasteiger charge is -2.08. The molecule has 0 aliphatic rings. The van der Waals surface area contributed by atoms with E-state index in [1.54, 1.807) is 25.1 Å². The Hall–Kier alpha value is -2.00. The van der Waals surface area contributed by atoms with E-state index < -0.39 is 0 Å². The molecule has 2 aromatic carbocycles. The zero-order valence-corrected chi connectivity index (χ0v) is 11.3. The Morgan fingerprint density at radius 3 is 2.53 bits per heavy atom. The van der Waals surface area contributed by atoms with Crippen LogP contribution in [0, 0.1) is 0 Å². The molecule has 1 N–H and O–H groups in total. The molecule has 0 spiro atoms. The second-order valence-electron chi connectivity index (χ2n) is 3.94. The van der Waals surface area contributed by atoms with Crippen molar-refractivity contribution in [1.29, 1.82) is 0 Å². The lowest BCUT2D eigenvalue weighted by molar-refractivity contribution is 0.0526. The van der Waals surface area contributed by atoms with E-state index in [4.69, 9.17) is 16.3 Å². The zero-order chi connectivity index (χ0) is 13.7. The van der Waals surface area contributed by atoms with E-state index in [0.717, 1.165) is 11.4 Å². The first-order chi connectivity index (χ1) is 9.19. The average Bonchev–Trinajstić information content (AvgIpc) is 2.39. The van der Waals surface area contributed by atoms with Gasteiger partial charge in [0.25, 0.3) is 0 Å². The molecule has 0 aliphatic carbocycles. The molecule has 19 heavy (non-hydrogen) atoms. The van der Waals surface area contributed by atoms with Crippen LogP contribution in [0.1, 0.15) is 17.3 Å². The number of anilines is 2. The third-order valence-corrected chi connectivity index (χ3v) is 2.72. The molecule has 2 aromatic rings. The monoisotopic (exact) mass is 275 g/mol. The summed E-state index contributed by atoms with van der Waals surface area (Å²) in [5, 5.41) is 3.85. The zero-order valence-electron chi connectivity index (χ0n) is 10.5. The highest BCUT2D eigenvalue weighted by molar-refractivity contribution is 6.30. The lowest BCUT2D eigenvalue weighted by Crippen LogP contribution is -2.04. The van der Waals surface area contributed by atoms with E-state index in [0.29, 0.717) is 17.2 Å². The molecule has 0 aromatic heterocycles. The fourth-order valence-electron chi connectivity index (χ4n) is 1.67. The third-order valence-electron chi connectivity index (χ3n) is 2.49. The number of rotatable bonds is 4. The molecule has 0 fully saturated rings. The van der Waals surface area contributed by atoms with Gasteiger partial charge in [0.05, 0.1) is 12.2 Å². The van der Waals surface area contributed by atoms with Crippen LogP contribution in [0.4, 0.5) is 11.4 Å². The van der Waals surface area contributed by atoms with Crippen molar-refractivity contribution in [3.05, 3.63) is 59.1 Å². The number of carbonyl (C=O) groups excluding carboxylic acids is 1. The number of halogens is 1. The fraction of sp³-hybridized carbons (Fsp3) is 0.133. The Bertz CT molecular complexity index is 584. The van der Waals surface area contributed by atoms with Crippen molar-refractivity contribution in [3.63, 3.8) is 0 Å². The maximum absolute atomic E-state index is 11.6. The van der Waals surface area contributed by atoms with Crippen LogP contribution < -0.4 is 5.32 Å². The van der Waals surface area contributed by atoms with Gasteiger partial charge in [-0.1, -0.05) is 23.7 Å². The Morgan fingerprint density at radius 1 is 1.16 bits per heavy atom. The Balaban J connectivity index is 2.17. The van der Waals surface area contributed by atoms with Gasteiger partial charge >= 0.3 is 5.97 Å². The second-order valence-corrected chi connectivity index (χ2v) is 4.37. The molecule has 4 heteroatoms. The first kappa shape index (κ1) is 13.4. The minimum absolute atomic E-state index is 0.322. The smallest absolute Gasteiger partial charge is 0.338 e. The van der Waals surface area contributed by atoms with Gasteiger partial charge in [-0.25, -0.2) is 4.79 Å². The number of benzene rings is 2.